The van der Waals surface area contributed by atoms with Crippen molar-refractivity contribution in [3.05, 3.63) is 57.6 Å². The Bertz CT molecular complexity index is 692. The third-order valence-electron chi connectivity index (χ3n) is 4.41. The van der Waals surface area contributed by atoms with Crippen LogP contribution in [0.1, 0.15) is 56.2 Å². The van der Waals surface area contributed by atoms with E-state index in [0.717, 1.165) is 34.6 Å². The number of unbranched alkanes of at least 4 members (excludes halogenated alkanes) is 3. The average molecular weight is 471 g/mol. The van der Waals surface area contributed by atoms with Gasteiger partial charge in [-0.15, -0.1) is 12.4 Å². The minimum absolute atomic E-state index is 0. The standard InChI is InChI=1S/C23H32BrNO2.ClH/c1-4-6-7-8-13-25-16-20-14-21(24)23(22(15-20)26-5-2)27-17-19-11-9-18(3)10-12-19;/h9-12,14-15,25H,4-8,13,16-17H2,1-3H3;1H. The molecule has 2 aromatic carbocycles. The molecule has 0 heterocycles. The van der Waals surface area contributed by atoms with Crippen LogP contribution in [0.4, 0.5) is 0 Å². The highest BCUT2D eigenvalue weighted by Crippen LogP contribution is 2.37. The molecular formula is C23H33BrClNO2. The molecule has 0 saturated heterocycles. The molecule has 156 valence electrons. The first-order valence-electron chi connectivity index (χ1n) is 9.98. The molecule has 0 aliphatic carbocycles. The molecule has 0 aliphatic rings. The van der Waals surface area contributed by atoms with E-state index in [2.05, 4.69) is 71.5 Å². The zero-order valence-electron chi connectivity index (χ0n) is 17.2. The SMILES string of the molecule is CCCCCCNCc1cc(Br)c(OCc2ccc(C)cc2)c(OCC)c1.Cl. The van der Waals surface area contributed by atoms with Gasteiger partial charge in [0.25, 0.3) is 0 Å². The summed E-state index contributed by atoms with van der Waals surface area (Å²) in [5, 5.41) is 3.52. The van der Waals surface area contributed by atoms with Crippen LogP contribution in [0.3, 0.4) is 0 Å². The highest BCUT2D eigenvalue weighted by Gasteiger charge is 2.12. The lowest BCUT2D eigenvalue weighted by molar-refractivity contribution is 0.267. The van der Waals surface area contributed by atoms with E-state index in [-0.39, 0.29) is 12.4 Å². The molecule has 0 amide bonds. The first-order chi connectivity index (χ1) is 13.1. The van der Waals surface area contributed by atoms with Gasteiger partial charge in [0, 0.05) is 6.54 Å². The van der Waals surface area contributed by atoms with Gasteiger partial charge in [0.2, 0.25) is 0 Å². The van der Waals surface area contributed by atoms with Crippen molar-refractivity contribution in [3.63, 3.8) is 0 Å². The lowest BCUT2D eigenvalue weighted by Crippen LogP contribution is -2.15. The molecule has 0 aromatic heterocycles. The Morgan fingerprint density at radius 1 is 0.929 bits per heavy atom. The minimum atomic E-state index is 0. The number of hydrogen-bond acceptors (Lipinski definition) is 3. The van der Waals surface area contributed by atoms with E-state index in [9.17, 15) is 0 Å². The van der Waals surface area contributed by atoms with Gasteiger partial charge in [-0.25, -0.2) is 0 Å². The number of benzene rings is 2. The van der Waals surface area contributed by atoms with Gasteiger partial charge >= 0.3 is 0 Å². The Balaban J connectivity index is 0.00000392. The molecule has 28 heavy (non-hydrogen) atoms. The largest absolute Gasteiger partial charge is 0.490 e. The molecule has 0 fully saturated rings. The monoisotopic (exact) mass is 469 g/mol. The van der Waals surface area contributed by atoms with E-state index in [0.29, 0.717) is 13.2 Å². The highest BCUT2D eigenvalue weighted by atomic mass is 79.9. The van der Waals surface area contributed by atoms with Gasteiger partial charge in [0.15, 0.2) is 11.5 Å². The molecule has 0 unspecified atom stereocenters. The predicted octanol–water partition coefficient (Wildman–Crippen LogP) is 6.83. The van der Waals surface area contributed by atoms with Gasteiger partial charge in [0.1, 0.15) is 6.61 Å². The number of rotatable bonds is 12. The molecule has 0 bridgehead atoms. The van der Waals surface area contributed by atoms with Crippen molar-refractivity contribution in [1.29, 1.82) is 0 Å². The van der Waals surface area contributed by atoms with Crippen molar-refractivity contribution >= 4 is 28.3 Å². The summed E-state index contributed by atoms with van der Waals surface area (Å²) >= 11 is 3.66. The quantitative estimate of drug-likeness (QED) is 0.345. The topological polar surface area (TPSA) is 30.5 Å². The van der Waals surface area contributed by atoms with Crippen molar-refractivity contribution < 1.29 is 9.47 Å². The van der Waals surface area contributed by atoms with E-state index < -0.39 is 0 Å². The van der Waals surface area contributed by atoms with Gasteiger partial charge in [-0.1, -0.05) is 56.0 Å². The van der Waals surface area contributed by atoms with Gasteiger partial charge in [-0.2, -0.15) is 0 Å². The number of nitrogens with one attached hydrogen (secondary N) is 1. The van der Waals surface area contributed by atoms with Crippen molar-refractivity contribution in [2.45, 2.75) is 59.6 Å². The third-order valence-corrected chi connectivity index (χ3v) is 5.00. The highest BCUT2D eigenvalue weighted by molar-refractivity contribution is 9.10. The Hall–Kier alpha value is -1.23. The Morgan fingerprint density at radius 2 is 1.68 bits per heavy atom. The molecule has 0 spiro atoms. The summed E-state index contributed by atoms with van der Waals surface area (Å²) in [6, 6.07) is 12.6. The third kappa shape index (κ3) is 8.42. The number of aryl methyl sites for hydroxylation is 1. The Labute approximate surface area is 184 Å². The summed E-state index contributed by atoms with van der Waals surface area (Å²) in [5.41, 5.74) is 3.60. The van der Waals surface area contributed by atoms with Gasteiger partial charge < -0.3 is 14.8 Å². The van der Waals surface area contributed by atoms with E-state index in [4.69, 9.17) is 9.47 Å². The fourth-order valence-electron chi connectivity index (χ4n) is 2.88. The lowest BCUT2D eigenvalue weighted by Gasteiger charge is -2.16. The lowest BCUT2D eigenvalue weighted by atomic mass is 10.1. The van der Waals surface area contributed by atoms with Crippen LogP contribution in [-0.2, 0) is 13.2 Å². The van der Waals surface area contributed by atoms with E-state index >= 15 is 0 Å². The summed E-state index contributed by atoms with van der Waals surface area (Å²) in [4.78, 5) is 0. The molecule has 0 atom stereocenters. The first-order valence-corrected chi connectivity index (χ1v) is 10.8. The maximum atomic E-state index is 6.08. The van der Waals surface area contributed by atoms with Crippen LogP contribution in [0.25, 0.3) is 0 Å². The van der Waals surface area contributed by atoms with Gasteiger partial charge in [-0.05, 0) is 66.0 Å². The second kappa shape index (κ2) is 13.9. The van der Waals surface area contributed by atoms with Crippen molar-refractivity contribution in [1.82, 2.24) is 5.32 Å². The Kier molecular flexibility index (Phi) is 12.3. The maximum Gasteiger partial charge on any atom is 0.175 e. The van der Waals surface area contributed by atoms with Crippen LogP contribution in [0.15, 0.2) is 40.9 Å². The summed E-state index contributed by atoms with van der Waals surface area (Å²) in [5.74, 6) is 1.56. The molecule has 2 aromatic rings. The second-order valence-corrected chi connectivity index (χ2v) is 7.70. The van der Waals surface area contributed by atoms with Crippen LogP contribution >= 0.6 is 28.3 Å². The van der Waals surface area contributed by atoms with Crippen LogP contribution in [0.5, 0.6) is 11.5 Å². The van der Waals surface area contributed by atoms with Crippen LogP contribution in [-0.4, -0.2) is 13.2 Å². The van der Waals surface area contributed by atoms with Crippen LogP contribution < -0.4 is 14.8 Å². The van der Waals surface area contributed by atoms with Crippen LogP contribution in [0.2, 0.25) is 0 Å². The fourth-order valence-corrected chi connectivity index (χ4v) is 3.48. The fraction of sp³-hybridized carbons (Fsp3) is 0.478. The molecule has 5 heteroatoms. The summed E-state index contributed by atoms with van der Waals surface area (Å²) in [7, 11) is 0. The molecule has 2 rings (SSSR count). The van der Waals surface area contributed by atoms with E-state index in [1.54, 1.807) is 0 Å². The van der Waals surface area contributed by atoms with Crippen LogP contribution in [0, 0.1) is 6.92 Å². The maximum absolute atomic E-state index is 6.08. The second-order valence-electron chi connectivity index (χ2n) is 6.85. The summed E-state index contributed by atoms with van der Waals surface area (Å²) < 4.78 is 12.9. The Morgan fingerprint density at radius 3 is 2.36 bits per heavy atom. The normalized spacial score (nSPS) is 10.4. The zero-order chi connectivity index (χ0) is 19.5. The van der Waals surface area contributed by atoms with Gasteiger partial charge in [-0.3, -0.25) is 0 Å². The molecular weight excluding hydrogens is 438 g/mol. The average Bonchev–Trinajstić information content (AvgIpc) is 2.65. The minimum Gasteiger partial charge on any atom is -0.490 e. The number of ether oxygens (including phenoxy) is 2. The van der Waals surface area contributed by atoms with Crippen molar-refractivity contribution in [2.75, 3.05) is 13.2 Å². The zero-order valence-corrected chi connectivity index (χ0v) is 19.6. The van der Waals surface area contributed by atoms with Crippen molar-refractivity contribution in [3.8, 4) is 11.5 Å². The van der Waals surface area contributed by atoms with E-state index in [1.807, 2.05) is 6.92 Å². The molecule has 0 saturated carbocycles. The molecule has 0 radical (unpaired) electrons. The first kappa shape index (κ1) is 24.8. The molecule has 3 nitrogen and oxygen atoms in total. The summed E-state index contributed by atoms with van der Waals surface area (Å²) in [6.45, 7) is 9.34. The predicted molar refractivity (Wildman–Crippen MR) is 124 cm³/mol. The number of halogens is 2. The molecule has 0 aliphatic heterocycles. The summed E-state index contributed by atoms with van der Waals surface area (Å²) in [6.07, 6.45) is 5.11. The smallest absolute Gasteiger partial charge is 0.175 e. The molecule has 1 N–H and O–H groups in total. The van der Waals surface area contributed by atoms with E-state index in [1.165, 1.54) is 36.8 Å². The van der Waals surface area contributed by atoms with Gasteiger partial charge in [0.05, 0.1) is 11.1 Å². The van der Waals surface area contributed by atoms with Crippen molar-refractivity contribution in [2.24, 2.45) is 0 Å². The number of hydrogen-bond donors (Lipinski definition) is 1.